The first kappa shape index (κ1) is 24.8. The molecule has 2 aliphatic rings. The molecule has 6 nitrogen and oxygen atoms in total. The molecule has 1 saturated heterocycles. The quantitative estimate of drug-likeness (QED) is 0.301. The maximum atomic E-state index is 6.14. The molecule has 2 atom stereocenters. The van der Waals surface area contributed by atoms with Gasteiger partial charge in [0.25, 0.3) is 0 Å². The number of nitrogens with zero attached hydrogens (tertiary/aromatic N) is 2. The van der Waals surface area contributed by atoms with Gasteiger partial charge in [-0.25, -0.2) is 0 Å². The third-order valence-corrected chi connectivity index (χ3v) is 6.39. The summed E-state index contributed by atoms with van der Waals surface area (Å²) in [5.74, 6) is 3.02. The van der Waals surface area contributed by atoms with Crippen molar-refractivity contribution in [2.75, 3.05) is 39.3 Å². The number of rotatable bonds is 6. The van der Waals surface area contributed by atoms with E-state index in [2.05, 4.69) is 44.8 Å². The van der Waals surface area contributed by atoms with E-state index in [1.54, 1.807) is 14.2 Å². The van der Waals surface area contributed by atoms with Gasteiger partial charge in [-0.15, -0.1) is 24.0 Å². The average Bonchev–Trinajstić information content (AvgIpc) is 3.58. The maximum Gasteiger partial charge on any atom is 0.191 e. The molecular weight excluding hydrogens is 539 g/mol. The number of benzene rings is 2. The minimum absolute atomic E-state index is 0. The van der Waals surface area contributed by atoms with Crippen LogP contribution in [0.3, 0.4) is 0 Å². The number of nitrogens with one attached hydrogen (secondary N) is 2. The zero-order valence-electron chi connectivity index (χ0n) is 18.8. The number of aliphatic imine (C=N–C) groups is 1. The second-order valence-corrected chi connectivity index (χ2v) is 8.63. The molecule has 4 rings (SSSR count). The number of hydrogen-bond acceptors (Lipinski definition) is 4. The molecule has 1 aliphatic heterocycles. The van der Waals surface area contributed by atoms with Gasteiger partial charge in [0.05, 0.1) is 14.2 Å². The molecule has 1 aliphatic carbocycles. The summed E-state index contributed by atoms with van der Waals surface area (Å²) in [6, 6.07) is 15.0. The molecule has 0 aromatic heterocycles. The van der Waals surface area contributed by atoms with Crippen molar-refractivity contribution in [2.24, 2.45) is 4.99 Å². The molecule has 0 bridgehead atoms. The van der Waals surface area contributed by atoms with Crippen molar-refractivity contribution in [1.29, 1.82) is 0 Å². The van der Waals surface area contributed by atoms with E-state index in [0.717, 1.165) is 60.5 Å². The lowest BCUT2D eigenvalue weighted by Crippen LogP contribution is -2.49. The highest BCUT2D eigenvalue weighted by atomic mass is 127. The molecule has 1 saturated carbocycles. The number of hydrogen-bond donors (Lipinski definition) is 2. The van der Waals surface area contributed by atoms with Crippen molar-refractivity contribution in [1.82, 2.24) is 10.6 Å². The van der Waals surface area contributed by atoms with Crippen molar-refractivity contribution in [3.8, 4) is 11.5 Å². The minimum Gasteiger partial charge on any atom is -0.497 e. The van der Waals surface area contributed by atoms with Gasteiger partial charge >= 0.3 is 0 Å². The molecular formula is C24H32ClIN4O2. The summed E-state index contributed by atoms with van der Waals surface area (Å²) in [4.78, 5) is 6.84. The molecule has 2 fully saturated rings. The largest absolute Gasteiger partial charge is 0.497 e. The van der Waals surface area contributed by atoms with E-state index in [1.165, 1.54) is 5.56 Å². The summed E-state index contributed by atoms with van der Waals surface area (Å²) in [5, 5.41) is 7.99. The number of guanidine groups is 1. The van der Waals surface area contributed by atoms with Crippen LogP contribution in [0.4, 0.5) is 5.69 Å². The molecule has 174 valence electrons. The van der Waals surface area contributed by atoms with Crippen LogP contribution in [0.15, 0.2) is 47.5 Å². The van der Waals surface area contributed by atoms with Gasteiger partial charge in [-0.1, -0.05) is 23.7 Å². The molecule has 2 unspecified atom stereocenters. The monoisotopic (exact) mass is 570 g/mol. The zero-order valence-corrected chi connectivity index (χ0v) is 21.9. The highest BCUT2D eigenvalue weighted by molar-refractivity contribution is 14.0. The van der Waals surface area contributed by atoms with Crippen molar-refractivity contribution in [2.45, 2.75) is 37.3 Å². The van der Waals surface area contributed by atoms with E-state index in [0.29, 0.717) is 18.0 Å². The van der Waals surface area contributed by atoms with Crippen LogP contribution in [0.25, 0.3) is 0 Å². The summed E-state index contributed by atoms with van der Waals surface area (Å²) >= 11 is 6.14. The third-order valence-electron chi connectivity index (χ3n) is 6.15. The van der Waals surface area contributed by atoms with E-state index in [4.69, 9.17) is 21.1 Å². The van der Waals surface area contributed by atoms with Gasteiger partial charge in [0.15, 0.2) is 5.96 Å². The molecule has 0 radical (unpaired) electrons. The second-order valence-electron chi connectivity index (χ2n) is 8.20. The molecule has 32 heavy (non-hydrogen) atoms. The van der Waals surface area contributed by atoms with Gasteiger partial charge in [-0.3, -0.25) is 4.99 Å². The lowest BCUT2D eigenvalue weighted by molar-refractivity contribution is 0.393. The van der Waals surface area contributed by atoms with E-state index in [1.807, 2.05) is 25.2 Å². The van der Waals surface area contributed by atoms with Crippen molar-refractivity contribution >= 4 is 47.2 Å². The summed E-state index contributed by atoms with van der Waals surface area (Å²) in [5.41, 5.74) is 2.43. The Kier molecular flexibility index (Phi) is 8.76. The van der Waals surface area contributed by atoms with Crippen LogP contribution >= 0.6 is 35.6 Å². The highest BCUT2D eigenvalue weighted by Crippen LogP contribution is 2.41. The first-order valence-corrected chi connectivity index (χ1v) is 11.2. The van der Waals surface area contributed by atoms with Crippen LogP contribution in [0, 0.1) is 0 Å². The first-order chi connectivity index (χ1) is 15.1. The van der Waals surface area contributed by atoms with Crippen LogP contribution in [0.1, 0.15) is 30.7 Å². The minimum atomic E-state index is 0. The average molecular weight is 571 g/mol. The van der Waals surface area contributed by atoms with E-state index in [9.17, 15) is 0 Å². The Labute approximate surface area is 212 Å². The van der Waals surface area contributed by atoms with Gasteiger partial charge in [-0.2, -0.15) is 0 Å². The van der Waals surface area contributed by atoms with Crippen LogP contribution in [-0.4, -0.2) is 52.4 Å². The third kappa shape index (κ3) is 6.13. The van der Waals surface area contributed by atoms with Crippen molar-refractivity contribution in [3.05, 3.63) is 53.1 Å². The SMILES string of the molecule is CN=C(NC1CCN(c2cc(OC)cc(OC)c2)CC1)NC1CC1c1cccc(Cl)c1.I. The molecule has 0 spiro atoms. The number of anilines is 1. The molecule has 2 aromatic carbocycles. The highest BCUT2D eigenvalue weighted by Gasteiger charge is 2.39. The Bertz CT molecular complexity index is 912. The Morgan fingerprint density at radius 1 is 1.03 bits per heavy atom. The molecule has 2 N–H and O–H groups in total. The van der Waals surface area contributed by atoms with E-state index < -0.39 is 0 Å². The molecule has 1 heterocycles. The zero-order chi connectivity index (χ0) is 21.8. The number of methoxy groups -OCH3 is 2. The Balaban J connectivity index is 0.00000289. The van der Waals surface area contributed by atoms with Gasteiger partial charge in [0.2, 0.25) is 0 Å². The second kappa shape index (κ2) is 11.3. The Morgan fingerprint density at radius 3 is 2.31 bits per heavy atom. The van der Waals surface area contributed by atoms with Crippen LogP contribution in [-0.2, 0) is 0 Å². The van der Waals surface area contributed by atoms with Crippen LogP contribution in [0.2, 0.25) is 5.02 Å². The lowest BCUT2D eigenvalue weighted by atomic mass is 10.0. The standard InChI is InChI=1S/C24H31ClN4O2.HI/c1-26-24(28-23-15-22(23)16-5-4-6-17(25)11-16)27-18-7-9-29(10-8-18)19-12-20(30-2)14-21(13-19)31-3;/h4-6,11-14,18,22-23H,7-10,15H2,1-3H3,(H2,26,27,28);1H. The fraction of sp³-hybridized carbons (Fsp3) is 0.458. The fourth-order valence-electron chi connectivity index (χ4n) is 4.26. The van der Waals surface area contributed by atoms with Gasteiger partial charge in [-0.05, 0) is 37.0 Å². The summed E-state index contributed by atoms with van der Waals surface area (Å²) in [6.07, 6.45) is 3.20. The smallest absolute Gasteiger partial charge is 0.191 e. The summed E-state index contributed by atoms with van der Waals surface area (Å²) in [6.45, 7) is 1.94. The summed E-state index contributed by atoms with van der Waals surface area (Å²) in [7, 11) is 5.21. The maximum absolute atomic E-state index is 6.14. The molecule has 0 amide bonds. The number of halogens is 2. The molecule has 8 heteroatoms. The first-order valence-electron chi connectivity index (χ1n) is 10.8. The van der Waals surface area contributed by atoms with Crippen molar-refractivity contribution < 1.29 is 9.47 Å². The number of ether oxygens (including phenoxy) is 2. The van der Waals surface area contributed by atoms with Crippen molar-refractivity contribution in [3.63, 3.8) is 0 Å². The number of piperidine rings is 1. The Hall–Kier alpha value is -1.87. The van der Waals surface area contributed by atoms with E-state index in [-0.39, 0.29) is 24.0 Å². The predicted molar refractivity (Wildman–Crippen MR) is 142 cm³/mol. The van der Waals surface area contributed by atoms with Crippen LogP contribution in [0.5, 0.6) is 11.5 Å². The van der Waals surface area contributed by atoms with Crippen LogP contribution < -0.4 is 25.0 Å². The predicted octanol–water partition coefficient (Wildman–Crippen LogP) is 4.67. The summed E-state index contributed by atoms with van der Waals surface area (Å²) < 4.78 is 10.8. The van der Waals surface area contributed by atoms with Gasteiger partial charge in [0, 0.05) is 67.0 Å². The van der Waals surface area contributed by atoms with Gasteiger partial charge in [0.1, 0.15) is 11.5 Å². The molecule has 2 aromatic rings. The normalized spacial score (nSPS) is 20.9. The van der Waals surface area contributed by atoms with Gasteiger partial charge < -0.3 is 25.0 Å². The fourth-order valence-corrected chi connectivity index (χ4v) is 4.46. The lowest BCUT2D eigenvalue weighted by Gasteiger charge is -2.34. The topological polar surface area (TPSA) is 58.1 Å². The Morgan fingerprint density at radius 2 is 1.72 bits per heavy atom. The van der Waals surface area contributed by atoms with E-state index >= 15 is 0 Å².